The fourth-order valence-electron chi connectivity index (χ4n) is 2.08. The zero-order chi connectivity index (χ0) is 12.1. The second-order valence-electron chi connectivity index (χ2n) is 4.28. The van der Waals surface area contributed by atoms with Gasteiger partial charge in [-0.25, -0.2) is 0 Å². The highest BCUT2D eigenvalue weighted by Crippen LogP contribution is 2.27. The first kappa shape index (κ1) is 12.8. The molecule has 1 nitrogen and oxygen atoms in total. The molecule has 0 aromatic carbocycles. The largest absolute Gasteiger partial charge is 0.312 e. The van der Waals surface area contributed by atoms with Crippen molar-refractivity contribution in [2.75, 3.05) is 7.05 Å². The van der Waals surface area contributed by atoms with E-state index in [0.29, 0.717) is 6.04 Å². The molecule has 0 bridgehead atoms. The fourth-order valence-corrected chi connectivity index (χ4v) is 3.91. The van der Waals surface area contributed by atoms with Gasteiger partial charge in [-0.1, -0.05) is 6.07 Å². The van der Waals surface area contributed by atoms with E-state index in [9.17, 15) is 0 Å². The molecular weight excluding hydrogens is 246 g/mol. The minimum atomic E-state index is 0.523. The highest BCUT2D eigenvalue weighted by atomic mass is 32.1. The molecule has 0 spiro atoms. The molecule has 0 radical (unpaired) electrons. The summed E-state index contributed by atoms with van der Waals surface area (Å²) in [6, 6.07) is 7.10. The smallest absolute Gasteiger partial charge is 0.0415 e. The summed E-state index contributed by atoms with van der Waals surface area (Å²) < 4.78 is 0. The third-order valence-electron chi connectivity index (χ3n) is 3.06. The first-order chi connectivity index (χ1) is 8.31. The third-order valence-corrected chi connectivity index (χ3v) is 5.13. The second kappa shape index (κ2) is 6.34. The van der Waals surface area contributed by atoms with Gasteiger partial charge in [0.2, 0.25) is 0 Å². The summed E-state index contributed by atoms with van der Waals surface area (Å²) in [4.78, 5) is 3.00. The minimum absolute atomic E-state index is 0.523. The Morgan fingerprint density at radius 3 is 2.71 bits per heavy atom. The van der Waals surface area contributed by atoms with E-state index in [1.807, 2.05) is 22.7 Å². The summed E-state index contributed by atoms with van der Waals surface area (Å²) in [6.07, 6.45) is 3.68. The van der Waals surface area contributed by atoms with Crippen molar-refractivity contribution in [3.8, 4) is 0 Å². The number of aryl methyl sites for hydroxylation is 2. The van der Waals surface area contributed by atoms with E-state index < -0.39 is 0 Å². The molecular formula is C14H19NS2. The monoisotopic (exact) mass is 265 g/mol. The molecule has 0 aliphatic rings. The summed E-state index contributed by atoms with van der Waals surface area (Å²) in [6.45, 7) is 2.20. The predicted molar refractivity (Wildman–Crippen MR) is 78.1 cm³/mol. The van der Waals surface area contributed by atoms with Gasteiger partial charge in [0.15, 0.2) is 0 Å². The van der Waals surface area contributed by atoms with E-state index in [1.54, 1.807) is 0 Å². The van der Waals surface area contributed by atoms with Crippen molar-refractivity contribution in [1.82, 2.24) is 5.32 Å². The van der Waals surface area contributed by atoms with Crippen molar-refractivity contribution in [2.24, 2.45) is 0 Å². The fraction of sp³-hybridized carbons (Fsp3) is 0.429. The van der Waals surface area contributed by atoms with Gasteiger partial charge in [0.05, 0.1) is 0 Å². The summed E-state index contributed by atoms with van der Waals surface area (Å²) >= 11 is 3.74. The van der Waals surface area contributed by atoms with Crippen molar-refractivity contribution in [3.05, 3.63) is 44.3 Å². The van der Waals surface area contributed by atoms with Gasteiger partial charge in [-0.15, -0.1) is 22.7 Å². The Kier molecular flexibility index (Phi) is 4.77. The molecule has 0 amide bonds. The number of nitrogens with one attached hydrogen (secondary N) is 1. The van der Waals surface area contributed by atoms with Gasteiger partial charge in [0.1, 0.15) is 0 Å². The number of thiophene rings is 2. The zero-order valence-electron chi connectivity index (χ0n) is 10.4. The van der Waals surface area contributed by atoms with Gasteiger partial charge in [-0.3, -0.25) is 0 Å². The quantitative estimate of drug-likeness (QED) is 0.816. The first-order valence-electron chi connectivity index (χ1n) is 6.05. The van der Waals surface area contributed by atoms with Crippen molar-refractivity contribution in [1.29, 1.82) is 0 Å². The van der Waals surface area contributed by atoms with E-state index in [-0.39, 0.29) is 0 Å². The molecule has 2 rings (SSSR count). The van der Waals surface area contributed by atoms with Gasteiger partial charge >= 0.3 is 0 Å². The van der Waals surface area contributed by atoms with E-state index >= 15 is 0 Å². The third kappa shape index (κ3) is 3.41. The molecule has 1 N–H and O–H groups in total. The molecule has 17 heavy (non-hydrogen) atoms. The Labute approximate surface area is 112 Å². The molecule has 3 heteroatoms. The Bertz CT molecular complexity index is 431. The minimum Gasteiger partial charge on any atom is -0.312 e. The van der Waals surface area contributed by atoms with Crippen LogP contribution in [0.25, 0.3) is 0 Å². The van der Waals surface area contributed by atoms with Crippen LogP contribution in [0.5, 0.6) is 0 Å². The molecule has 0 fully saturated rings. The lowest BCUT2D eigenvalue weighted by Gasteiger charge is -2.15. The van der Waals surface area contributed by atoms with Gasteiger partial charge in [-0.05, 0) is 61.7 Å². The van der Waals surface area contributed by atoms with Crippen LogP contribution in [0, 0.1) is 6.92 Å². The number of hydrogen-bond acceptors (Lipinski definition) is 3. The van der Waals surface area contributed by atoms with Crippen LogP contribution in [0.15, 0.2) is 29.0 Å². The molecule has 0 saturated heterocycles. The number of hydrogen-bond donors (Lipinski definition) is 1. The van der Waals surface area contributed by atoms with Gasteiger partial charge in [0, 0.05) is 15.8 Å². The van der Waals surface area contributed by atoms with Crippen molar-refractivity contribution in [2.45, 2.75) is 32.2 Å². The average Bonchev–Trinajstić information content (AvgIpc) is 2.96. The predicted octanol–water partition coefficient (Wildman–Crippen LogP) is 4.40. The lowest BCUT2D eigenvalue weighted by molar-refractivity contribution is 0.534. The second-order valence-corrected chi connectivity index (χ2v) is 6.26. The summed E-state index contributed by atoms with van der Waals surface area (Å²) in [7, 11) is 2.06. The Balaban J connectivity index is 1.86. The Morgan fingerprint density at radius 2 is 2.12 bits per heavy atom. The molecule has 2 heterocycles. The normalized spacial score (nSPS) is 12.8. The van der Waals surface area contributed by atoms with Crippen LogP contribution < -0.4 is 5.32 Å². The van der Waals surface area contributed by atoms with Crippen LogP contribution in [-0.2, 0) is 6.42 Å². The molecule has 92 valence electrons. The van der Waals surface area contributed by atoms with Crippen LogP contribution >= 0.6 is 22.7 Å². The SMILES string of the molecule is CNC(CCCc1cccs1)c1sccc1C. The lowest BCUT2D eigenvalue weighted by Crippen LogP contribution is -2.16. The molecule has 1 atom stereocenters. The van der Waals surface area contributed by atoms with Crippen LogP contribution in [0.3, 0.4) is 0 Å². The zero-order valence-corrected chi connectivity index (χ0v) is 12.0. The van der Waals surface area contributed by atoms with Gasteiger partial charge in [-0.2, -0.15) is 0 Å². The maximum Gasteiger partial charge on any atom is 0.0415 e. The van der Waals surface area contributed by atoms with Crippen LogP contribution in [0.1, 0.15) is 34.2 Å². The Hall–Kier alpha value is -0.640. The van der Waals surface area contributed by atoms with Crippen molar-refractivity contribution in [3.63, 3.8) is 0 Å². The van der Waals surface area contributed by atoms with Crippen LogP contribution in [0.4, 0.5) is 0 Å². The van der Waals surface area contributed by atoms with E-state index in [2.05, 4.69) is 48.2 Å². The maximum atomic E-state index is 3.44. The molecule has 0 aliphatic carbocycles. The average molecular weight is 265 g/mol. The molecule has 0 saturated carbocycles. The van der Waals surface area contributed by atoms with E-state index in [4.69, 9.17) is 0 Å². The molecule has 2 aromatic heterocycles. The Morgan fingerprint density at radius 1 is 1.24 bits per heavy atom. The standard InChI is InChI=1S/C14H19NS2/c1-11-8-10-17-14(11)13(15-2)7-3-5-12-6-4-9-16-12/h4,6,8-10,13,15H,3,5,7H2,1-2H3. The van der Waals surface area contributed by atoms with Crippen LogP contribution in [-0.4, -0.2) is 7.05 Å². The molecule has 1 unspecified atom stereocenters. The van der Waals surface area contributed by atoms with Gasteiger partial charge in [0.25, 0.3) is 0 Å². The molecule has 2 aromatic rings. The van der Waals surface area contributed by atoms with Crippen molar-refractivity contribution >= 4 is 22.7 Å². The first-order valence-corrected chi connectivity index (χ1v) is 7.81. The molecule has 0 aliphatic heterocycles. The van der Waals surface area contributed by atoms with E-state index in [1.165, 1.54) is 34.6 Å². The highest BCUT2D eigenvalue weighted by Gasteiger charge is 2.12. The van der Waals surface area contributed by atoms with Gasteiger partial charge < -0.3 is 5.32 Å². The highest BCUT2D eigenvalue weighted by molar-refractivity contribution is 7.10. The van der Waals surface area contributed by atoms with Crippen LogP contribution in [0.2, 0.25) is 0 Å². The topological polar surface area (TPSA) is 12.0 Å². The summed E-state index contributed by atoms with van der Waals surface area (Å²) in [5, 5.41) is 7.79. The maximum absolute atomic E-state index is 3.44. The van der Waals surface area contributed by atoms with E-state index in [0.717, 1.165) is 0 Å². The summed E-state index contributed by atoms with van der Waals surface area (Å²) in [5.74, 6) is 0. The lowest BCUT2D eigenvalue weighted by atomic mass is 10.1. The number of rotatable bonds is 6. The summed E-state index contributed by atoms with van der Waals surface area (Å²) in [5.41, 5.74) is 1.42. The van der Waals surface area contributed by atoms with Crippen molar-refractivity contribution < 1.29 is 0 Å².